The maximum absolute atomic E-state index is 12.5. The number of ether oxygens (including phenoxy) is 1. The molecule has 1 fully saturated rings. The van der Waals surface area contributed by atoms with Gasteiger partial charge >= 0.3 is 6.09 Å². The van der Waals surface area contributed by atoms with Crippen LogP contribution < -0.4 is 0 Å². The topological polar surface area (TPSA) is 117 Å². The molecule has 0 saturated carbocycles. The Hall–Kier alpha value is -2.45. The zero-order chi connectivity index (χ0) is 21.4. The molecule has 1 aliphatic rings. The average Bonchev–Trinajstić information content (AvgIpc) is 3.09. The zero-order valence-electron chi connectivity index (χ0n) is 15.9. The number of nitro benzene ring substituents is 1. The highest BCUT2D eigenvalue weighted by Gasteiger charge is 2.34. The second kappa shape index (κ2) is 10.9. The summed E-state index contributed by atoms with van der Waals surface area (Å²) in [5.74, 6) is 0.968. The van der Waals surface area contributed by atoms with Gasteiger partial charge in [0.25, 0.3) is 5.69 Å². The van der Waals surface area contributed by atoms with Crippen molar-refractivity contribution in [2.75, 3.05) is 25.1 Å². The summed E-state index contributed by atoms with van der Waals surface area (Å²) in [6.07, 6.45) is 2.31. The Labute approximate surface area is 178 Å². The first-order chi connectivity index (χ1) is 13.8. The van der Waals surface area contributed by atoms with Crippen LogP contribution >= 0.6 is 24.4 Å². The van der Waals surface area contributed by atoms with Gasteiger partial charge < -0.3 is 9.64 Å². The van der Waals surface area contributed by atoms with Gasteiger partial charge in [-0.3, -0.25) is 19.8 Å². The SMILES string of the molecule is CN(C#N)C(=O)CCSC[C@@H]1C[C@H](S)CN1C(=O)OCc1ccc([N+](=O)[O-])cc1. The molecule has 0 unspecified atom stereocenters. The minimum absolute atomic E-state index is 0.0194. The van der Waals surface area contributed by atoms with E-state index in [0.717, 1.165) is 11.3 Å². The lowest BCUT2D eigenvalue weighted by molar-refractivity contribution is -0.384. The van der Waals surface area contributed by atoms with Crippen molar-refractivity contribution in [2.45, 2.75) is 30.7 Å². The maximum atomic E-state index is 12.5. The van der Waals surface area contributed by atoms with Gasteiger partial charge in [-0.15, -0.1) is 0 Å². The normalized spacial score (nSPS) is 18.2. The fraction of sp³-hybridized carbons (Fsp3) is 0.500. The first kappa shape index (κ1) is 22.8. The van der Waals surface area contributed by atoms with Crippen LogP contribution in [0.15, 0.2) is 24.3 Å². The summed E-state index contributed by atoms with van der Waals surface area (Å²) >= 11 is 6.02. The number of hydrogen-bond acceptors (Lipinski definition) is 8. The number of nitro groups is 1. The van der Waals surface area contributed by atoms with Crippen molar-refractivity contribution in [2.24, 2.45) is 0 Å². The lowest BCUT2D eigenvalue weighted by Gasteiger charge is -2.23. The van der Waals surface area contributed by atoms with E-state index >= 15 is 0 Å². The molecule has 0 spiro atoms. The lowest BCUT2D eigenvalue weighted by atomic mass is 10.2. The fourth-order valence-corrected chi connectivity index (χ4v) is 4.31. The van der Waals surface area contributed by atoms with Gasteiger partial charge in [0, 0.05) is 54.9 Å². The van der Waals surface area contributed by atoms with E-state index in [1.165, 1.54) is 19.2 Å². The highest BCUT2D eigenvalue weighted by Crippen LogP contribution is 2.26. The molecule has 11 heteroatoms. The minimum atomic E-state index is -0.485. The van der Waals surface area contributed by atoms with Crippen LogP contribution in [0.3, 0.4) is 0 Å². The number of carbonyl (C=O) groups excluding carboxylic acids is 2. The minimum Gasteiger partial charge on any atom is -0.445 e. The van der Waals surface area contributed by atoms with E-state index < -0.39 is 11.0 Å². The third-order valence-electron chi connectivity index (χ3n) is 4.43. The van der Waals surface area contributed by atoms with Crippen LogP contribution in [0.5, 0.6) is 0 Å². The predicted molar refractivity (Wildman–Crippen MR) is 111 cm³/mol. The molecule has 1 saturated heterocycles. The fourth-order valence-electron chi connectivity index (χ4n) is 2.82. The number of benzene rings is 1. The van der Waals surface area contributed by atoms with Crippen molar-refractivity contribution >= 4 is 42.1 Å². The molecule has 0 aromatic heterocycles. The van der Waals surface area contributed by atoms with Crippen LogP contribution in [-0.2, 0) is 16.1 Å². The molecule has 1 heterocycles. The monoisotopic (exact) mass is 438 g/mol. The zero-order valence-corrected chi connectivity index (χ0v) is 17.6. The van der Waals surface area contributed by atoms with Gasteiger partial charge in [0.1, 0.15) is 6.61 Å². The van der Waals surface area contributed by atoms with Gasteiger partial charge in [0.2, 0.25) is 5.91 Å². The van der Waals surface area contributed by atoms with Crippen LogP contribution in [0.25, 0.3) is 0 Å². The number of amides is 2. The molecular weight excluding hydrogens is 416 g/mol. The third-order valence-corrected chi connectivity index (χ3v) is 5.92. The Kier molecular flexibility index (Phi) is 8.60. The summed E-state index contributed by atoms with van der Waals surface area (Å²) in [6, 6.07) is 5.80. The molecule has 2 rings (SSSR count). The first-order valence-corrected chi connectivity index (χ1v) is 10.6. The van der Waals surface area contributed by atoms with Crippen LogP contribution in [-0.4, -0.2) is 63.1 Å². The van der Waals surface area contributed by atoms with Crippen molar-refractivity contribution in [3.8, 4) is 6.19 Å². The highest BCUT2D eigenvalue weighted by molar-refractivity contribution is 7.99. The summed E-state index contributed by atoms with van der Waals surface area (Å²) in [6.45, 7) is 0.503. The number of rotatable bonds is 8. The molecule has 1 aromatic carbocycles. The summed E-state index contributed by atoms with van der Waals surface area (Å²) < 4.78 is 5.36. The summed E-state index contributed by atoms with van der Waals surface area (Å²) in [5, 5.41) is 19.4. The Morgan fingerprint density at radius 2 is 2.14 bits per heavy atom. The van der Waals surface area contributed by atoms with Crippen LogP contribution in [0, 0.1) is 21.6 Å². The van der Waals surface area contributed by atoms with Gasteiger partial charge in [-0.25, -0.2) is 4.79 Å². The van der Waals surface area contributed by atoms with Crippen molar-refractivity contribution in [1.82, 2.24) is 9.80 Å². The Bertz CT molecular complexity index is 783. The van der Waals surface area contributed by atoms with Gasteiger partial charge in [0.15, 0.2) is 6.19 Å². The molecule has 0 aliphatic carbocycles. The lowest BCUT2D eigenvalue weighted by Crippen LogP contribution is -2.37. The van der Waals surface area contributed by atoms with E-state index in [4.69, 9.17) is 10.00 Å². The number of nitrogens with zero attached hydrogens (tertiary/aromatic N) is 4. The number of thioether (sulfide) groups is 1. The Balaban J connectivity index is 1.80. The van der Waals surface area contributed by atoms with Crippen LogP contribution in [0.4, 0.5) is 10.5 Å². The van der Waals surface area contributed by atoms with E-state index in [0.29, 0.717) is 23.6 Å². The molecule has 0 N–H and O–H groups in total. The number of likely N-dealkylation sites (tertiary alicyclic amines) is 1. The Morgan fingerprint density at radius 3 is 2.76 bits per heavy atom. The molecule has 1 aromatic rings. The van der Waals surface area contributed by atoms with Crippen LogP contribution in [0.1, 0.15) is 18.4 Å². The van der Waals surface area contributed by atoms with Gasteiger partial charge in [-0.05, 0) is 24.1 Å². The molecule has 2 amide bonds. The quantitative estimate of drug-likeness (QED) is 0.166. The summed E-state index contributed by atoms with van der Waals surface area (Å²) in [7, 11) is 1.43. The van der Waals surface area contributed by atoms with E-state index in [1.807, 2.05) is 0 Å². The number of nitriles is 1. The number of hydrogen-bond donors (Lipinski definition) is 1. The van der Waals surface area contributed by atoms with Crippen molar-refractivity contribution < 1.29 is 19.2 Å². The molecule has 0 bridgehead atoms. The second-order valence-corrected chi connectivity index (χ2v) is 8.43. The molecule has 9 nitrogen and oxygen atoms in total. The van der Waals surface area contributed by atoms with Gasteiger partial charge in [-0.2, -0.15) is 29.7 Å². The summed E-state index contributed by atoms with van der Waals surface area (Å²) in [4.78, 5) is 36.9. The van der Waals surface area contributed by atoms with Crippen molar-refractivity contribution in [3.05, 3.63) is 39.9 Å². The highest BCUT2D eigenvalue weighted by atomic mass is 32.2. The maximum Gasteiger partial charge on any atom is 0.410 e. The van der Waals surface area contributed by atoms with E-state index in [-0.39, 0.29) is 35.9 Å². The molecule has 1 aliphatic heterocycles. The molecular formula is C18H22N4O5S2. The van der Waals surface area contributed by atoms with E-state index in [2.05, 4.69) is 12.6 Å². The average molecular weight is 439 g/mol. The van der Waals surface area contributed by atoms with E-state index in [1.54, 1.807) is 35.0 Å². The molecule has 156 valence electrons. The number of non-ortho nitro benzene ring substituents is 1. The number of carbonyl (C=O) groups is 2. The second-order valence-electron chi connectivity index (χ2n) is 6.55. The Morgan fingerprint density at radius 1 is 1.45 bits per heavy atom. The molecule has 0 radical (unpaired) electrons. The van der Waals surface area contributed by atoms with Gasteiger partial charge in [0.05, 0.1) is 4.92 Å². The predicted octanol–water partition coefficient (Wildman–Crippen LogP) is 2.67. The first-order valence-electron chi connectivity index (χ1n) is 8.90. The van der Waals surface area contributed by atoms with Crippen molar-refractivity contribution in [3.63, 3.8) is 0 Å². The smallest absolute Gasteiger partial charge is 0.410 e. The number of thiol groups is 1. The van der Waals surface area contributed by atoms with E-state index in [9.17, 15) is 19.7 Å². The molecule has 2 atom stereocenters. The third kappa shape index (κ3) is 6.83. The van der Waals surface area contributed by atoms with Gasteiger partial charge in [-0.1, -0.05) is 0 Å². The van der Waals surface area contributed by atoms with Crippen molar-refractivity contribution in [1.29, 1.82) is 5.26 Å². The largest absolute Gasteiger partial charge is 0.445 e. The molecule has 29 heavy (non-hydrogen) atoms. The standard InChI is InChI=1S/C18H22N4O5S2/c1-20(12-19)17(23)6-7-29-11-15-8-16(28)9-21(15)18(24)27-10-13-2-4-14(5-3-13)22(25)26/h2-5,15-16,28H,6-11H2,1H3/t15-,16-/m0/s1. The summed E-state index contributed by atoms with van der Waals surface area (Å²) in [5.41, 5.74) is 0.644. The van der Waals surface area contributed by atoms with Crippen LogP contribution in [0.2, 0.25) is 0 Å².